The lowest BCUT2D eigenvalue weighted by Crippen LogP contribution is -2.56. The monoisotopic (exact) mass is 235 g/mol. The molecule has 6 heteroatoms. The normalized spacial score (nSPS) is 33.3. The van der Waals surface area contributed by atoms with E-state index in [1.807, 2.05) is 6.92 Å². The van der Waals surface area contributed by atoms with Gasteiger partial charge in [-0.1, -0.05) is 0 Å². The Kier molecular flexibility index (Phi) is 4.11. The molecule has 15 heavy (non-hydrogen) atoms. The standard InChI is InChI=1S/C9H21N3O2S/c1-7-5-6-9(8(2)10-7)11-15(13,14)12(3)4/h7-11H,5-6H2,1-4H3. The second kappa shape index (κ2) is 4.78. The van der Waals surface area contributed by atoms with Crippen molar-refractivity contribution in [2.24, 2.45) is 0 Å². The van der Waals surface area contributed by atoms with E-state index in [0.29, 0.717) is 6.04 Å². The first-order valence-corrected chi connectivity index (χ1v) is 6.73. The van der Waals surface area contributed by atoms with Gasteiger partial charge in [-0.15, -0.1) is 0 Å². The Morgan fingerprint density at radius 2 is 1.87 bits per heavy atom. The van der Waals surface area contributed by atoms with Crippen molar-refractivity contribution in [3.63, 3.8) is 0 Å². The molecular weight excluding hydrogens is 214 g/mol. The molecule has 1 aliphatic heterocycles. The molecule has 5 nitrogen and oxygen atoms in total. The van der Waals surface area contributed by atoms with E-state index in [4.69, 9.17) is 0 Å². The zero-order chi connectivity index (χ0) is 11.6. The first-order valence-electron chi connectivity index (χ1n) is 5.29. The average molecular weight is 235 g/mol. The quantitative estimate of drug-likeness (QED) is 0.719. The summed E-state index contributed by atoms with van der Waals surface area (Å²) in [6.07, 6.45) is 1.90. The van der Waals surface area contributed by atoms with Crippen LogP contribution in [0, 0.1) is 0 Å². The molecule has 2 N–H and O–H groups in total. The maximum absolute atomic E-state index is 11.6. The van der Waals surface area contributed by atoms with Crippen LogP contribution in [0.1, 0.15) is 26.7 Å². The van der Waals surface area contributed by atoms with Gasteiger partial charge >= 0.3 is 0 Å². The Bertz CT molecular complexity index is 302. The second-order valence-electron chi connectivity index (χ2n) is 4.45. The van der Waals surface area contributed by atoms with E-state index in [-0.39, 0.29) is 12.1 Å². The van der Waals surface area contributed by atoms with Gasteiger partial charge in [0.25, 0.3) is 10.2 Å². The molecule has 0 aromatic rings. The van der Waals surface area contributed by atoms with Gasteiger partial charge in [-0.25, -0.2) is 0 Å². The summed E-state index contributed by atoms with van der Waals surface area (Å²) in [5.41, 5.74) is 0. The number of nitrogens with zero attached hydrogens (tertiary/aromatic N) is 1. The molecule has 0 bridgehead atoms. The fourth-order valence-corrected chi connectivity index (χ4v) is 2.70. The fraction of sp³-hybridized carbons (Fsp3) is 1.00. The highest BCUT2D eigenvalue weighted by Gasteiger charge is 2.28. The van der Waals surface area contributed by atoms with Crippen LogP contribution in [-0.2, 0) is 10.2 Å². The van der Waals surface area contributed by atoms with Crippen molar-refractivity contribution >= 4 is 10.2 Å². The zero-order valence-electron chi connectivity index (χ0n) is 9.82. The van der Waals surface area contributed by atoms with Crippen molar-refractivity contribution in [1.82, 2.24) is 14.3 Å². The predicted octanol–water partition coefficient (Wildman–Crippen LogP) is -0.0886. The van der Waals surface area contributed by atoms with Crippen LogP contribution in [0.5, 0.6) is 0 Å². The molecule has 0 aromatic heterocycles. The van der Waals surface area contributed by atoms with Gasteiger partial charge in [0.1, 0.15) is 0 Å². The van der Waals surface area contributed by atoms with Gasteiger partial charge in [0, 0.05) is 32.2 Å². The maximum atomic E-state index is 11.6. The van der Waals surface area contributed by atoms with Gasteiger partial charge in [-0.2, -0.15) is 17.4 Å². The Morgan fingerprint density at radius 3 is 2.33 bits per heavy atom. The van der Waals surface area contributed by atoms with Crippen LogP contribution in [0.25, 0.3) is 0 Å². The van der Waals surface area contributed by atoms with Gasteiger partial charge in [0.05, 0.1) is 0 Å². The molecule has 1 saturated heterocycles. The molecule has 3 unspecified atom stereocenters. The summed E-state index contributed by atoms with van der Waals surface area (Å²) >= 11 is 0. The van der Waals surface area contributed by atoms with E-state index in [2.05, 4.69) is 17.0 Å². The summed E-state index contributed by atoms with van der Waals surface area (Å²) in [7, 11) is -0.238. The molecule has 1 heterocycles. The van der Waals surface area contributed by atoms with Crippen molar-refractivity contribution < 1.29 is 8.42 Å². The largest absolute Gasteiger partial charge is 0.310 e. The van der Waals surface area contributed by atoms with E-state index in [9.17, 15) is 8.42 Å². The third kappa shape index (κ3) is 3.41. The second-order valence-corrected chi connectivity index (χ2v) is 6.36. The van der Waals surface area contributed by atoms with E-state index in [1.165, 1.54) is 18.4 Å². The lowest BCUT2D eigenvalue weighted by Gasteiger charge is -2.34. The lowest BCUT2D eigenvalue weighted by atomic mass is 9.96. The summed E-state index contributed by atoms with van der Waals surface area (Å²) < 4.78 is 27.1. The van der Waals surface area contributed by atoms with Crippen LogP contribution in [-0.4, -0.2) is 44.9 Å². The SMILES string of the molecule is CC1CCC(NS(=O)(=O)N(C)C)C(C)N1. The Balaban J connectivity index is 2.59. The van der Waals surface area contributed by atoms with Crippen molar-refractivity contribution in [2.75, 3.05) is 14.1 Å². The minimum absolute atomic E-state index is 0.00593. The number of hydrogen-bond acceptors (Lipinski definition) is 3. The molecular formula is C9H21N3O2S. The molecule has 0 aliphatic carbocycles. The molecule has 0 amide bonds. The van der Waals surface area contributed by atoms with Crippen LogP contribution in [0.2, 0.25) is 0 Å². The Morgan fingerprint density at radius 1 is 1.27 bits per heavy atom. The minimum Gasteiger partial charge on any atom is -0.310 e. The van der Waals surface area contributed by atoms with Gasteiger partial charge in [-0.05, 0) is 26.7 Å². The summed E-state index contributed by atoms with van der Waals surface area (Å²) in [4.78, 5) is 0. The number of hydrogen-bond donors (Lipinski definition) is 2. The summed E-state index contributed by atoms with van der Waals surface area (Å²) in [5, 5.41) is 3.35. The molecule has 1 rings (SSSR count). The van der Waals surface area contributed by atoms with E-state index in [0.717, 1.165) is 12.8 Å². The van der Waals surface area contributed by atoms with Crippen molar-refractivity contribution in [1.29, 1.82) is 0 Å². The summed E-state index contributed by atoms with van der Waals surface area (Å²) in [6, 6.07) is 0.650. The van der Waals surface area contributed by atoms with Crippen molar-refractivity contribution in [3.05, 3.63) is 0 Å². The van der Waals surface area contributed by atoms with Crippen molar-refractivity contribution in [3.8, 4) is 0 Å². The lowest BCUT2D eigenvalue weighted by molar-refractivity contribution is 0.293. The first kappa shape index (κ1) is 12.9. The maximum Gasteiger partial charge on any atom is 0.279 e. The van der Waals surface area contributed by atoms with Gasteiger partial charge in [-0.3, -0.25) is 0 Å². The van der Waals surface area contributed by atoms with E-state index in [1.54, 1.807) is 0 Å². The molecule has 0 radical (unpaired) electrons. The highest BCUT2D eigenvalue weighted by atomic mass is 32.2. The third-order valence-corrected chi connectivity index (χ3v) is 4.40. The van der Waals surface area contributed by atoms with Gasteiger partial charge < -0.3 is 5.32 Å². The topological polar surface area (TPSA) is 61.4 Å². The predicted molar refractivity (Wildman–Crippen MR) is 60.8 cm³/mol. The molecule has 0 spiro atoms. The number of rotatable bonds is 3. The fourth-order valence-electron chi connectivity index (χ4n) is 1.79. The third-order valence-electron chi connectivity index (χ3n) is 2.84. The minimum atomic E-state index is -3.30. The average Bonchev–Trinajstić information content (AvgIpc) is 2.09. The number of nitrogens with one attached hydrogen (secondary N) is 2. The Labute approximate surface area is 92.4 Å². The summed E-state index contributed by atoms with van der Waals surface area (Å²) in [6.45, 7) is 4.13. The smallest absolute Gasteiger partial charge is 0.279 e. The molecule has 1 fully saturated rings. The van der Waals surface area contributed by atoms with Gasteiger partial charge in [0.2, 0.25) is 0 Å². The van der Waals surface area contributed by atoms with E-state index < -0.39 is 10.2 Å². The van der Waals surface area contributed by atoms with Crippen LogP contribution in [0.4, 0.5) is 0 Å². The number of piperidine rings is 1. The molecule has 0 aromatic carbocycles. The molecule has 3 atom stereocenters. The molecule has 90 valence electrons. The molecule has 1 aliphatic rings. The van der Waals surface area contributed by atoms with Gasteiger partial charge in [0.15, 0.2) is 0 Å². The van der Waals surface area contributed by atoms with Crippen LogP contribution in [0.3, 0.4) is 0 Å². The van der Waals surface area contributed by atoms with E-state index >= 15 is 0 Å². The van der Waals surface area contributed by atoms with Crippen LogP contribution < -0.4 is 10.0 Å². The van der Waals surface area contributed by atoms with Crippen LogP contribution in [0.15, 0.2) is 0 Å². The van der Waals surface area contributed by atoms with Crippen LogP contribution >= 0.6 is 0 Å². The summed E-state index contributed by atoms with van der Waals surface area (Å²) in [5.74, 6) is 0. The molecule has 0 saturated carbocycles. The Hall–Kier alpha value is -0.170. The zero-order valence-corrected chi connectivity index (χ0v) is 10.6. The van der Waals surface area contributed by atoms with Crippen molar-refractivity contribution in [2.45, 2.75) is 44.8 Å². The first-order chi connectivity index (χ1) is 6.83. The highest BCUT2D eigenvalue weighted by Crippen LogP contribution is 2.14. The highest BCUT2D eigenvalue weighted by molar-refractivity contribution is 7.87.